The molecule has 1 amide bonds. The van der Waals surface area contributed by atoms with Crippen LogP contribution in [0, 0.1) is 0 Å². The van der Waals surface area contributed by atoms with Crippen LogP contribution >= 0.6 is 0 Å². The van der Waals surface area contributed by atoms with Gasteiger partial charge in [0.25, 0.3) is 5.91 Å². The standard InChI is InChI=1S/C23H25NO6/c1-4-17-18(7-5-9-21(17)28-3)23(27)24-11-15(2)29-13-16(24)14-30-22-10-6-8-20(26)19(22)12-25/h4-10,12,15-16,26H,1,11,13-14H2,2-3H3. The van der Waals surface area contributed by atoms with Crippen LogP contribution in [-0.2, 0) is 4.74 Å². The summed E-state index contributed by atoms with van der Waals surface area (Å²) in [5, 5.41) is 9.84. The van der Waals surface area contributed by atoms with Crippen LogP contribution in [0.3, 0.4) is 0 Å². The van der Waals surface area contributed by atoms with Gasteiger partial charge in [0.2, 0.25) is 0 Å². The lowest BCUT2D eigenvalue weighted by Crippen LogP contribution is -2.54. The van der Waals surface area contributed by atoms with Crippen LogP contribution in [0.15, 0.2) is 43.0 Å². The first-order valence-electron chi connectivity index (χ1n) is 9.62. The number of aldehydes is 1. The summed E-state index contributed by atoms with van der Waals surface area (Å²) in [4.78, 5) is 26.4. The van der Waals surface area contributed by atoms with Crippen LogP contribution in [0.4, 0.5) is 0 Å². The van der Waals surface area contributed by atoms with Crippen molar-refractivity contribution in [3.63, 3.8) is 0 Å². The molecule has 1 fully saturated rings. The highest BCUT2D eigenvalue weighted by Gasteiger charge is 2.33. The van der Waals surface area contributed by atoms with Crippen LogP contribution < -0.4 is 9.47 Å². The Kier molecular flexibility index (Phi) is 6.74. The van der Waals surface area contributed by atoms with Crippen LogP contribution in [0.2, 0.25) is 0 Å². The summed E-state index contributed by atoms with van der Waals surface area (Å²) in [7, 11) is 1.55. The maximum absolute atomic E-state index is 13.4. The second-order valence-electron chi connectivity index (χ2n) is 7.00. The average Bonchev–Trinajstić information content (AvgIpc) is 2.77. The van der Waals surface area contributed by atoms with E-state index in [1.165, 1.54) is 6.07 Å². The normalized spacial score (nSPS) is 18.5. The van der Waals surface area contributed by atoms with Crippen LogP contribution in [0.1, 0.15) is 33.2 Å². The molecule has 0 aromatic heterocycles. The van der Waals surface area contributed by atoms with Crippen molar-refractivity contribution in [2.75, 3.05) is 26.9 Å². The molecule has 2 unspecified atom stereocenters. The van der Waals surface area contributed by atoms with Gasteiger partial charge in [0.1, 0.15) is 23.9 Å². The summed E-state index contributed by atoms with van der Waals surface area (Å²) in [6.45, 7) is 6.49. The highest BCUT2D eigenvalue weighted by atomic mass is 16.5. The van der Waals surface area contributed by atoms with E-state index in [-0.39, 0.29) is 48.3 Å². The predicted molar refractivity (Wildman–Crippen MR) is 112 cm³/mol. The van der Waals surface area contributed by atoms with Gasteiger partial charge in [-0.3, -0.25) is 9.59 Å². The highest BCUT2D eigenvalue weighted by molar-refractivity contribution is 5.99. The molecule has 2 aromatic rings. The van der Waals surface area contributed by atoms with E-state index < -0.39 is 0 Å². The molecule has 1 heterocycles. The monoisotopic (exact) mass is 411 g/mol. The molecule has 7 heteroatoms. The number of hydrogen-bond acceptors (Lipinski definition) is 6. The maximum atomic E-state index is 13.4. The Bertz CT molecular complexity index is 941. The first kappa shape index (κ1) is 21.4. The van der Waals surface area contributed by atoms with E-state index >= 15 is 0 Å². The number of amides is 1. The van der Waals surface area contributed by atoms with Crippen molar-refractivity contribution in [3.8, 4) is 17.2 Å². The quantitative estimate of drug-likeness (QED) is 0.705. The van der Waals surface area contributed by atoms with E-state index in [1.54, 1.807) is 48.4 Å². The zero-order valence-electron chi connectivity index (χ0n) is 17.0. The fourth-order valence-electron chi connectivity index (χ4n) is 3.47. The van der Waals surface area contributed by atoms with Gasteiger partial charge in [-0.15, -0.1) is 0 Å². The fourth-order valence-corrected chi connectivity index (χ4v) is 3.47. The maximum Gasteiger partial charge on any atom is 0.255 e. The molecule has 2 atom stereocenters. The molecule has 1 aliphatic rings. The van der Waals surface area contributed by atoms with Gasteiger partial charge in [-0.05, 0) is 31.2 Å². The molecule has 1 N–H and O–H groups in total. The molecule has 0 aliphatic carbocycles. The molecule has 0 spiro atoms. The van der Waals surface area contributed by atoms with Crippen molar-refractivity contribution in [1.82, 2.24) is 4.90 Å². The summed E-state index contributed by atoms with van der Waals surface area (Å²) in [5.41, 5.74) is 1.18. The molecule has 30 heavy (non-hydrogen) atoms. The minimum atomic E-state index is -0.376. The van der Waals surface area contributed by atoms with E-state index in [2.05, 4.69) is 6.58 Å². The number of aromatic hydroxyl groups is 1. The Morgan fingerprint density at radius 2 is 2.00 bits per heavy atom. The SMILES string of the molecule is C=Cc1c(OC)cccc1C(=O)N1CC(C)OCC1COc1cccc(O)c1C=O. The smallest absolute Gasteiger partial charge is 0.255 e. The van der Waals surface area contributed by atoms with Gasteiger partial charge in [0.05, 0.1) is 37.0 Å². The number of rotatable bonds is 7. The summed E-state index contributed by atoms with van der Waals surface area (Å²) in [5.74, 6) is 0.486. The number of carbonyl (C=O) groups excluding carboxylic acids is 2. The van der Waals surface area contributed by atoms with Gasteiger partial charge in [0.15, 0.2) is 6.29 Å². The fraction of sp³-hybridized carbons (Fsp3) is 0.304. The third kappa shape index (κ3) is 4.31. The number of phenols is 1. The average molecular weight is 411 g/mol. The summed E-state index contributed by atoms with van der Waals surface area (Å²) in [6, 6.07) is 9.50. The Morgan fingerprint density at radius 1 is 1.27 bits per heavy atom. The summed E-state index contributed by atoms with van der Waals surface area (Å²) >= 11 is 0. The number of hydrogen-bond donors (Lipinski definition) is 1. The van der Waals surface area contributed by atoms with Crippen molar-refractivity contribution in [3.05, 3.63) is 59.7 Å². The Balaban J connectivity index is 1.85. The van der Waals surface area contributed by atoms with E-state index in [0.29, 0.717) is 29.7 Å². The Hall–Kier alpha value is -3.32. The van der Waals surface area contributed by atoms with Gasteiger partial charge >= 0.3 is 0 Å². The first-order valence-corrected chi connectivity index (χ1v) is 9.62. The minimum absolute atomic E-state index is 0.0715. The van der Waals surface area contributed by atoms with Crippen molar-refractivity contribution in [2.45, 2.75) is 19.1 Å². The molecule has 7 nitrogen and oxygen atoms in total. The number of phenolic OH excluding ortho intramolecular Hbond substituents is 1. The molecule has 2 aromatic carbocycles. The van der Waals surface area contributed by atoms with E-state index in [1.807, 2.05) is 6.92 Å². The molecule has 1 aliphatic heterocycles. The van der Waals surface area contributed by atoms with Crippen molar-refractivity contribution in [1.29, 1.82) is 0 Å². The lowest BCUT2D eigenvalue weighted by molar-refractivity contribution is -0.0538. The number of carbonyl (C=O) groups is 2. The summed E-state index contributed by atoms with van der Waals surface area (Å²) < 4.78 is 16.9. The van der Waals surface area contributed by atoms with Gasteiger partial charge in [-0.1, -0.05) is 24.8 Å². The zero-order chi connectivity index (χ0) is 21.7. The largest absolute Gasteiger partial charge is 0.507 e. The number of methoxy groups -OCH3 is 1. The molecule has 0 bridgehead atoms. The van der Waals surface area contributed by atoms with E-state index in [0.717, 1.165) is 0 Å². The van der Waals surface area contributed by atoms with Gasteiger partial charge in [-0.25, -0.2) is 0 Å². The van der Waals surface area contributed by atoms with Crippen molar-refractivity contribution in [2.24, 2.45) is 0 Å². The van der Waals surface area contributed by atoms with E-state index in [4.69, 9.17) is 14.2 Å². The van der Waals surface area contributed by atoms with Gasteiger partial charge < -0.3 is 24.2 Å². The first-order chi connectivity index (χ1) is 14.5. The minimum Gasteiger partial charge on any atom is -0.507 e. The molecule has 158 valence electrons. The number of ether oxygens (including phenoxy) is 3. The van der Waals surface area contributed by atoms with Crippen LogP contribution in [-0.4, -0.2) is 61.2 Å². The second kappa shape index (κ2) is 9.45. The molecular weight excluding hydrogens is 386 g/mol. The third-order valence-electron chi connectivity index (χ3n) is 5.04. The molecule has 1 saturated heterocycles. The van der Waals surface area contributed by atoms with Gasteiger partial charge in [0, 0.05) is 12.1 Å². The van der Waals surface area contributed by atoms with Crippen molar-refractivity contribution >= 4 is 18.3 Å². The summed E-state index contributed by atoms with van der Waals surface area (Å²) in [6.07, 6.45) is 2.01. The van der Waals surface area contributed by atoms with Crippen LogP contribution in [0.5, 0.6) is 17.2 Å². The van der Waals surface area contributed by atoms with Crippen molar-refractivity contribution < 1.29 is 28.9 Å². The topological polar surface area (TPSA) is 85.3 Å². The molecule has 3 rings (SSSR count). The van der Waals surface area contributed by atoms with Crippen LogP contribution in [0.25, 0.3) is 6.08 Å². The predicted octanol–water partition coefficient (Wildman–Crippen LogP) is 3.16. The zero-order valence-corrected chi connectivity index (χ0v) is 17.0. The van der Waals surface area contributed by atoms with E-state index in [9.17, 15) is 14.7 Å². The van der Waals surface area contributed by atoms with Gasteiger partial charge in [-0.2, -0.15) is 0 Å². The molecule has 0 radical (unpaired) electrons. The number of nitrogens with zero attached hydrogens (tertiary/aromatic N) is 1. The molecular formula is C23H25NO6. The lowest BCUT2D eigenvalue weighted by atomic mass is 10.0. The highest BCUT2D eigenvalue weighted by Crippen LogP contribution is 2.28. The third-order valence-corrected chi connectivity index (χ3v) is 5.04. The number of benzene rings is 2. The number of morpholine rings is 1. The Labute approximate surface area is 175 Å². The lowest BCUT2D eigenvalue weighted by Gasteiger charge is -2.38. The second-order valence-corrected chi connectivity index (χ2v) is 7.00. The molecule has 0 saturated carbocycles. The Morgan fingerprint density at radius 3 is 2.70 bits per heavy atom.